The Morgan fingerprint density at radius 2 is 2.04 bits per heavy atom. The van der Waals surface area contributed by atoms with E-state index in [1.807, 2.05) is 13.0 Å². The lowest BCUT2D eigenvalue weighted by Gasteiger charge is -2.31. The summed E-state index contributed by atoms with van der Waals surface area (Å²) >= 11 is 0. The highest BCUT2D eigenvalue weighted by atomic mass is 16.6. The molecule has 0 radical (unpaired) electrons. The fraction of sp³-hybridized carbons (Fsp3) is 0.789. The highest BCUT2D eigenvalue weighted by Gasteiger charge is 2.43. The molecule has 0 spiro atoms. The van der Waals surface area contributed by atoms with Gasteiger partial charge in [-0.05, 0) is 62.7 Å². The molecule has 136 valence electrons. The van der Waals surface area contributed by atoms with Crippen molar-refractivity contribution in [1.29, 1.82) is 0 Å². The first-order chi connectivity index (χ1) is 11.5. The van der Waals surface area contributed by atoms with Crippen LogP contribution < -0.4 is 5.32 Å². The van der Waals surface area contributed by atoms with Crippen LogP contribution in [0.4, 0.5) is 4.79 Å². The lowest BCUT2D eigenvalue weighted by Crippen LogP contribution is -2.51. The molecule has 1 amide bonds. The van der Waals surface area contributed by atoms with Crippen molar-refractivity contribution in [2.24, 2.45) is 11.3 Å². The maximum atomic E-state index is 12.3. The van der Waals surface area contributed by atoms with Crippen LogP contribution in [0.15, 0.2) is 12.7 Å². The van der Waals surface area contributed by atoms with E-state index in [0.29, 0.717) is 5.92 Å². The Kier molecular flexibility index (Phi) is 6.69. The van der Waals surface area contributed by atoms with E-state index in [0.717, 1.165) is 64.2 Å². The number of hydrogen-bond acceptors (Lipinski definition) is 3. The van der Waals surface area contributed by atoms with Crippen molar-refractivity contribution in [3.8, 4) is 0 Å². The minimum Gasteiger partial charge on any atom is -0.480 e. The number of carboxylic acid groups (broad SMARTS) is 1. The topological polar surface area (TPSA) is 75.6 Å². The number of alkyl carbamates (subject to hydrolysis) is 1. The highest BCUT2D eigenvalue weighted by molar-refractivity contribution is 5.80. The molecular formula is C19H31NO4. The third-order valence-electron chi connectivity index (χ3n) is 5.78. The quantitative estimate of drug-likeness (QED) is 0.512. The van der Waals surface area contributed by atoms with E-state index in [1.165, 1.54) is 0 Å². The van der Waals surface area contributed by atoms with Crippen molar-refractivity contribution in [3.63, 3.8) is 0 Å². The first-order valence-corrected chi connectivity index (χ1v) is 9.27. The van der Waals surface area contributed by atoms with Gasteiger partial charge in [-0.3, -0.25) is 0 Å². The van der Waals surface area contributed by atoms with Crippen molar-refractivity contribution in [2.45, 2.75) is 83.3 Å². The zero-order valence-corrected chi connectivity index (χ0v) is 14.8. The Balaban J connectivity index is 1.88. The molecule has 2 aliphatic rings. The molecule has 0 saturated heterocycles. The Morgan fingerprint density at radius 3 is 2.67 bits per heavy atom. The molecule has 5 nitrogen and oxygen atoms in total. The van der Waals surface area contributed by atoms with Crippen LogP contribution in [0.2, 0.25) is 0 Å². The van der Waals surface area contributed by atoms with Gasteiger partial charge in [0.05, 0.1) is 0 Å². The van der Waals surface area contributed by atoms with Crippen LogP contribution in [0.3, 0.4) is 0 Å². The molecule has 2 saturated carbocycles. The van der Waals surface area contributed by atoms with Crippen LogP contribution in [-0.2, 0) is 9.53 Å². The number of carboxylic acids is 1. The van der Waals surface area contributed by atoms with Crippen molar-refractivity contribution in [2.75, 3.05) is 0 Å². The van der Waals surface area contributed by atoms with Gasteiger partial charge in [-0.25, -0.2) is 9.59 Å². The second-order valence-corrected chi connectivity index (χ2v) is 7.63. The van der Waals surface area contributed by atoms with Crippen LogP contribution in [0.25, 0.3) is 0 Å². The summed E-state index contributed by atoms with van der Waals surface area (Å²) in [6.07, 6.45) is 11.1. The average molecular weight is 337 g/mol. The Hall–Kier alpha value is -1.52. The van der Waals surface area contributed by atoms with Gasteiger partial charge in [0.2, 0.25) is 0 Å². The zero-order valence-electron chi connectivity index (χ0n) is 14.8. The van der Waals surface area contributed by atoms with Gasteiger partial charge in [0.15, 0.2) is 0 Å². The van der Waals surface area contributed by atoms with Gasteiger partial charge in [0.1, 0.15) is 12.1 Å². The number of hydrogen-bond donors (Lipinski definition) is 2. The summed E-state index contributed by atoms with van der Waals surface area (Å²) in [6.45, 7) is 5.69. The van der Waals surface area contributed by atoms with Gasteiger partial charge in [-0.1, -0.05) is 25.8 Å². The number of rotatable bonds is 8. The van der Waals surface area contributed by atoms with Gasteiger partial charge < -0.3 is 15.2 Å². The molecule has 5 heteroatoms. The fourth-order valence-electron chi connectivity index (χ4n) is 4.31. The largest absolute Gasteiger partial charge is 0.480 e. The van der Waals surface area contributed by atoms with Crippen LogP contribution in [-0.4, -0.2) is 29.3 Å². The van der Waals surface area contributed by atoms with E-state index < -0.39 is 18.1 Å². The molecule has 0 aromatic rings. The fourth-order valence-corrected chi connectivity index (χ4v) is 4.31. The maximum Gasteiger partial charge on any atom is 0.408 e. The van der Waals surface area contributed by atoms with Crippen LogP contribution in [0.1, 0.15) is 71.1 Å². The molecule has 2 aliphatic carbocycles. The van der Waals surface area contributed by atoms with Crippen LogP contribution in [0.5, 0.6) is 0 Å². The summed E-state index contributed by atoms with van der Waals surface area (Å²) in [5.41, 5.74) is -0.371. The Bertz CT molecular complexity index is 456. The van der Waals surface area contributed by atoms with Gasteiger partial charge in [-0.15, -0.1) is 6.58 Å². The molecule has 0 unspecified atom stereocenters. The molecule has 24 heavy (non-hydrogen) atoms. The van der Waals surface area contributed by atoms with E-state index in [2.05, 4.69) is 11.9 Å². The summed E-state index contributed by atoms with van der Waals surface area (Å²) in [6, 6.07) is -0.867. The van der Waals surface area contributed by atoms with Crippen molar-refractivity contribution in [1.82, 2.24) is 5.32 Å². The van der Waals surface area contributed by atoms with E-state index in [1.54, 1.807) is 0 Å². The number of unbranched alkanes of at least 4 members (excludes halogenated alkanes) is 1. The molecular weight excluding hydrogens is 306 g/mol. The number of carbonyl (C=O) groups is 2. The second kappa shape index (κ2) is 8.54. The van der Waals surface area contributed by atoms with Crippen molar-refractivity contribution < 1.29 is 19.4 Å². The van der Waals surface area contributed by atoms with E-state index in [9.17, 15) is 14.7 Å². The lowest BCUT2D eigenvalue weighted by molar-refractivity contribution is -0.142. The third-order valence-corrected chi connectivity index (χ3v) is 5.78. The third kappa shape index (κ3) is 4.74. The number of amides is 1. The predicted molar refractivity (Wildman–Crippen MR) is 92.8 cm³/mol. The number of aliphatic carboxylic acids is 1. The molecule has 0 bridgehead atoms. The summed E-state index contributed by atoms with van der Waals surface area (Å²) < 4.78 is 5.60. The Labute approximate surface area is 144 Å². The average Bonchev–Trinajstić information content (AvgIpc) is 3.15. The Morgan fingerprint density at radius 1 is 1.33 bits per heavy atom. The van der Waals surface area contributed by atoms with Gasteiger partial charge in [0.25, 0.3) is 0 Å². The summed E-state index contributed by atoms with van der Waals surface area (Å²) in [7, 11) is 0. The van der Waals surface area contributed by atoms with Gasteiger partial charge in [0, 0.05) is 0 Å². The molecule has 0 heterocycles. The molecule has 0 aliphatic heterocycles. The van der Waals surface area contributed by atoms with Gasteiger partial charge >= 0.3 is 12.1 Å². The SMILES string of the molecule is C=CCCC[C@@H]1CCC[C@H]1OC(=O)N[C@H](C(=O)O)C1(C)CCCC1. The first-order valence-electron chi connectivity index (χ1n) is 9.27. The number of allylic oxidation sites excluding steroid dienone is 1. The number of nitrogens with one attached hydrogen (secondary N) is 1. The molecule has 0 aromatic carbocycles. The summed E-state index contributed by atoms with van der Waals surface area (Å²) in [4.78, 5) is 23.9. The first kappa shape index (κ1) is 18.8. The predicted octanol–water partition coefficient (Wildman–Crippen LogP) is 4.27. The molecule has 2 N–H and O–H groups in total. The van der Waals surface area contributed by atoms with Gasteiger partial charge in [-0.2, -0.15) is 0 Å². The van der Waals surface area contributed by atoms with E-state index >= 15 is 0 Å². The van der Waals surface area contributed by atoms with Crippen molar-refractivity contribution in [3.05, 3.63) is 12.7 Å². The normalized spacial score (nSPS) is 26.7. The van der Waals surface area contributed by atoms with E-state index in [4.69, 9.17) is 4.74 Å². The molecule has 3 atom stereocenters. The summed E-state index contributed by atoms with van der Waals surface area (Å²) in [5, 5.41) is 12.2. The number of carbonyl (C=O) groups excluding carboxylic acids is 1. The lowest BCUT2D eigenvalue weighted by atomic mass is 9.80. The van der Waals surface area contributed by atoms with E-state index in [-0.39, 0.29) is 11.5 Å². The number of ether oxygens (including phenoxy) is 1. The molecule has 0 aromatic heterocycles. The molecule has 2 fully saturated rings. The second-order valence-electron chi connectivity index (χ2n) is 7.63. The smallest absolute Gasteiger partial charge is 0.408 e. The van der Waals surface area contributed by atoms with Crippen LogP contribution in [0, 0.1) is 11.3 Å². The standard InChI is InChI=1S/C19H31NO4/c1-3-4-5-9-14-10-8-11-15(14)24-18(23)20-16(17(21)22)19(2)12-6-7-13-19/h3,14-16H,1,4-13H2,2H3,(H,20,23)(H,21,22)/t14-,15-,16-/m1/s1. The van der Waals surface area contributed by atoms with Crippen molar-refractivity contribution >= 4 is 12.1 Å². The minimum atomic E-state index is -0.967. The summed E-state index contributed by atoms with van der Waals surface area (Å²) in [5.74, 6) is -0.577. The highest BCUT2D eigenvalue weighted by Crippen LogP contribution is 2.41. The molecule has 2 rings (SSSR count). The zero-order chi connectivity index (χ0) is 17.6. The monoisotopic (exact) mass is 337 g/mol. The van der Waals surface area contributed by atoms with Crippen LogP contribution >= 0.6 is 0 Å². The maximum absolute atomic E-state index is 12.3. The minimum absolute atomic E-state index is 0.0827.